The lowest BCUT2D eigenvalue weighted by Crippen LogP contribution is -2.11. The van der Waals surface area contributed by atoms with Gasteiger partial charge in [-0.3, -0.25) is 0 Å². The minimum absolute atomic E-state index is 0. The van der Waals surface area contributed by atoms with E-state index in [1.165, 1.54) is 12.4 Å². The van der Waals surface area contributed by atoms with E-state index >= 15 is 0 Å². The van der Waals surface area contributed by atoms with Crippen molar-refractivity contribution in [3.05, 3.63) is 109 Å². The number of nitrogens with zero attached hydrogens (tertiary/aromatic N) is 4. The first-order chi connectivity index (χ1) is 30.8. The SMILES string of the molecule is C=C(C(=O)O)c1nc2ncc(C(=O)OCC)c(Nc3ccc(OC)cc3)c2cc1OCC.C=C(C(=O)O)c1nc2ncc(C(=O)OCC)c(Nc3ccc(OC)cc3)c2cc1OCC.Cl. The highest BCUT2D eigenvalue weighted by molar-refractivity contribution is 6.16. The normalized spacial score (nSPS) is 10.3. The number of esters is 2. The van der Waals surface area contributed by atoms with E-state index in [4.69, 9.17) is 28.4 Å². The zero-order valence-corrected chi connectivity index (χ0v) is 37.2. The highest BCUT2D eigenvalue weighted by Gasteiger charge is 2.24. The van der Waals surface area contributed by atoms with E-state index in [2.05, 4.69) is 43.7 Å². The van der Waals surface area contributed by atoms with Crippen molar-refractivity contribution in [1.82, 2.24) is 19.9 Å². The van der Waals surface area contributed by atoms with Crippen molar-refractivity contribution in [2.24, 2.45) is 0 Å². The second-order valence-electron chi connectivity index (χ2n) is 13.1. The predicted molar refractivity (Wildman–Crippen MR) is 246 cm³/mol. The largest absolute Gasteiger partial charge is 0.497 e. The predicted octanol–water partition coefficient (Wildman–Crippen LogP) is 8.53. The van der Waals surface area contributed by atoms with Gasteiger partial charge in [-0.1, -0.05) is 13.2 Å². The molecule has 0 aliphatic heterocycles. The first kappa shape index (κ1) is 49.7. The van der Waals surface area contributed by atoms with Crippen LogP contribution in [0.15, 0.2) is 86.2 Å². The Hall–Kier alpha value is -7.99. The Morgan fingerprint density at radius 1 is 0.585 bits per heavy atom. The molecule has 0 bridgehead atoms. The lowest BCUT2D eigenvalue weighted by Gasteiger charge is -2.16. The second kappa shape index (κ2) is 22.9. The Morgan fingerprint density at radius 2 is 0.938 bits per heavy atom. The molecule has 0 spiro atoms. The summed E-state index contributed by atoms with van der Waals surface area (Å²) in [6, 6.07) is 17.4. The van der Waals surface area contributed by atoms with E-state index in [0.717, 1.165) is 0 Å². The molecule has 0 radical (unpaired) electrons. The topological polar surface area (TPSA) is 240 Å². The zero-order valence-electron chi connectivity index (χ0n) is 36.3. The first-order valence-corrected chi connectivity index (χ1v) is 19.7. The van der Waals surface area contributed by atoms with E-state index in [9.17, 15) is 29.4 Å². The van der Waals surface area contributed by atoms with Crippen LogP contribution < -0.4 is 29.6 Å². The van der Waals surface area contributed by atoms with Crippen LogP contribution >= 0.6 is 12.4 Å². The summed E-state index contributed by atoms with van der Waals surface area (Å²) in [4.78, 5) is 65.4. The van der Waals surface area contributed by atoms with E-state index in [-0.39, 0.29) is 95.3 Å². The Morgan fingerprint density at radius 3 is 1.23 bits per heavy atom. The summed E-state index contributed by atoms with van der Waals surface area (Å²) in [6.07, 6.45) is 2.68. The van der Waals surface area contributed by atoms with Crippen LogP contribution in [0.5, 0.6) is 23.0 Å². The molecule has 4 heterocycles. The maximum absolute atomic E-state index is 12.6. The fourth-order valence-corrected chi connectivity index (χ4v) is 6.01. The van der Waals surface area contributed by atoms with Gasteiger partial charge in [0.05, 0.1) is 63.2 Å². The molecule has 4 aromatic heterocycles. The van der Waals surface area contributed by atoms with Crippen molar-refractivity contribution in [2.75, 3.05) is 51.3 Å². The summed E-state index contributed by atoms with van der Waals surface area (Å²) in [5.74, 6) is -1.78. The molecule has 0 aliphatic rings. The third-order valence-corrected chi connectivity index (χ3v) is 9.04. The number of carbonyl (C=O) groups excluding carboxylic acids is 2. The number of nitrogens with one attached hydrogen (secondary N) is 2. The zero-order chi connectivity index (χ0) is 46.5. The fraction of sp³-hybridized carbons (Fsp3) is 0.217. The molecule has 0 fully saturated rings. The van der Waals surface area contributed by atoms with Gasteiger partial charge in [0.1, 0.15) is 45.5 Å². The molecule has 19 heteroatoms. The molecule has 65 heavy (non-hydrogen) atoms. The van der Waals surface area contributed by atoms with Crippen molar-refractivity contribution in [1.29, 1.82) is 0 Å². The minimum atomic E-state index is -1.22. The number of benzene rings is 2. The molecule has 0 saturated heterocycles. The van der Waals surface area contributed by atoms with Gasteiger partial charge in [0, 0.05) is 34.5 Å². The Bertz CT molecular complexity index is 2540. The van der Waals surface area contributed by atoms with Crippen LogP contribution in [-0.4, -0.2) is 94.7 Å². The van der Waals surface area contributed by atoms with E-state index in [0.29, 0.717) is 45.0 Å². The molecule has 0 saturated carbocycles. The number of rotatable bonds is 18. The van der Waals surface area contributed by atoms with Crippen molar-refractivity contribution < 1.29 is 57.8 Å². The number of ether oxygens (including phenoxy) is 6. The molecule has 340 valence electrons. The van der Waals surface area contributed by atoms with Crippen molar-refractivity contribution in [3.8, 4) is 23.0 Å². The van der Waals surface area contributed by atoms with Gasteiger partial charge in [0.15, 0.2) is 11.3 Å². The van der Waals surface area contributed by atoms with Crippen molar-refractivity contribution in [2.45, 2.75) is 27.7 Å². The van der Waals surface area contributed by atoms with Crippen molar-refractivity contribution in [3.63, 3.8) is 0 Å². The van der Waals surface area contributed by atoms with Crippen LogP contribution in [0.25, 0.3) is 33.2 Å². The number of carbonyl (C=O) groups is 4. The number of carboxylic acids is 2. The molecule has 0 aliphatic carbocycles. The van der Waals surface area contributed by atoms with Gasteiger partial charge in [0.25, 0.3) is 0 Å². The van der Waals surface area contributed by atoms with Gasteiger partial charge < -0.3 is 49.3 Å². The van der Waals surface area contributed by atoms with Crippen LogP contribution in [0.2, 0.25) is 0 Å². The average Bonchev–Trinajstić information content (AvgIpc) is 3.29. The number of aliphatic carboxylic acids is 2. The average molecular weight is 911 g/mol. The highest BCUT2D eigenvalue weighted by Crippen LogP contribution is 2.37. The van der Waals surface area contributed by atoms with Crippen LogP contribution in [0.3, 0.4) is 0 Å². The maximum Gasteiger partial charge on any atom is 0.341 e. The molecule has 0 atom stereocenters. The van der Waals surface area contributed by atoms with Gasteiger partial charge in [0.2, 0.25) is 0 Å². The first-order valence-electron chi connectivity index (χ1n) is 19.7. The summed E-state index contributed by atoms with van der Waals surface area (Å²) in [5.41, 5.74) is 2.68. The number of hydrogen-bond donors (Lipinski definition) is 4. The highest BCUT2D eigenvalue weighted by atomic mass is 35.5. The molecule has 0 amide bonds. The monoisotopic (exact) mass is 910 g/mol. The Balaban J connectivity index is 0.000000280. The van der Waals surface area contributed by atoms with Crippen molar-refractivity contribution >= 4 is 92.2 Å². The molecular formula is C46H47ClN6O12. The quantitative estimate of drug-likeness (QED) is 0.0466. The smallest absolute Gasteiger partial charge is 0.341 e. The number of anilines is 4. The molecule has 2 aromatic carbocycles. The minimum Gasteiger partial charge on any atom is -0.497 e. The number of halogens is 1. The van der Waals surface area contributed by atoms with Crippen LogP contribution in [0.4, 0.5) is 22.7 Å². The van der Waals surface area contributed by atoms with E-state index in [1.807, 2.05) is 0 Å². The molecule has 6 aromatic rings. The van der Waals surface area contributed by atoms with Gasteiger partial charge in [-0.05, 0) is 88.4 Å². The maximum atomic E-state index is 12.6. The molecule has 6 rings (SSSR count). The van der Waals surface area contributed by atoms with Crippen LogP contribution in [-0.2, 0) is 19.1 Å². The van der Waals surface area contributed by atoms with Gasteiger partial charge >= 0.3 is 23.9 Å². The van der Waals surface area contributed by atoms with E-state index < -0.39 is 23.9 Å². The lowest BCUT2D eigenvalue weighted by molar-refractivity contribution is -0.131. The summed E-state index contributed by atoms with van der Waals surface area (Å²) >= 11 is 0. The number of pyridine rings is 4. The number of aromatic nitrogens is 4. The van der Waals surface area contributed by atoms with Crippen LogP contribution in [0, 0.1) is 0 Å². The number of carboxylic acid groups (broad SMARTS) is 2. The second-order valence-corrected chi connectivity index (χ2v) is 13.1. The summed E-state index contributed by atoms with van der Waals surface area (Å²) in [6.45, 7) is 15.0. The van der Waals surface area contributed by atoms with Gasteiger partial charge in [-0.2, -0.15) is 0 Å². The Kier molecular flexibility index (Phi) is 17.5. The number of methoxy groups -OCH3 is 2. The fourth-order valence-electron chi connectivity index (χ4n) is 6.01. The van der Waals surface area contributed by atoms with Gasteiger partial charge in [-0.25, -0.2) is 39.1 Å². The third-order valence-electron chi connectivity index (χ3n) is 9.04. The van der Waals surface area contributed by atoms with E-state index in [1.54, 1.807) is 103 Å². The summed E-state index contributed by atoms with van der Waals surface area (Å²) < 4.78 is 32.0. The molecule has 0 unspecified atom stereocenters. The third kappa shape index (κ3) is 11.7. The summed E-state index contributed by atoms with van der Waals surface area (Å²) in [5, 5.41) is 26.1. The Labute approximate surface area is 379 Å². The molecule has 4 N–H and O–H groups in total. The summed E-state index contributed by atoms with van der Waals surface area (Å²) in [7, 11) is 3.14. The van der Waals surface area contributed by atoms with Crippen LogP contribution in [0.1, 0.15) is 59.8 Å². The number of hydrogen-bond acceptors (Lipinski definition) is 16. The lowest BCUT2D eigenvalue weighted by atomic mass is 10.1. The number of fused-ring (bicyclic) bond motifs is 2. The molecular weight excluding hydrogens is 864 g/mol. The standard InChI is InChI=1S/2C23H23N3O6.ClH/c2*1-5-31-18-11-16-20(25-14-7-9-15(30-4)10-8-14)17(23(29)32-6-2)12-24-21(16)26-19(18)13(3)22(27)28;/h2*7-12H,3,5-6H2,1-2,4H3,(H,27,28)(H,24,25,26);1H. The molecule has 18 nitrogen and oxygen atoms in total. The van der Waals surface area contributed by atoms with Gasteiger partial charge in [-0.15, -0.1) is 12.4 Å².